The second-order valence-corrected chi connectivity index (χ2v) is 8.12. The van der Waals surface area contributed by atoms with E-state index in [1.54, 1.807) is 43.5 Å². The second-order valence-electron chi connectivity index (χ2n) is 7.17. The molecule has 32 heavy (non-hydrogen) atoms. The van der Waals surface area contributed by atoms with E-state index in [4.69, 9.17) is 4.74 Å². The normalized spacial score (nSPS) is 11.7. The molecule has 9 heteroatoms. The lowest BCUT2D eigenvalue weighted by Crippen LogP contribution is -2.46. The minimum atomic E-state index is -1.14. The number of hydrogen-bond acceptors (Lipinski definition) is 5. The van der Waals surface area contributed by atoms with Crippen LogP contribution in [-0.4, -0.2) is 23.8 Å². The van der Waals surface area contributed by atoms with Gasteiger partial charge in [-0.25, -0.2) is 13.6 Å². The Hall–Kier alpha value is -3.59. The molecular weight excluding hydrogens is 438 g/mol. The fraction of sp³-hybridized carbons (Fsp3) is 0.174. The molecule has 0 saturated heterocycles. The average Bonchev–Trinajstić information content (AvgIpc) is 3.28. The molecule has 1 aromatic heterocycles. The fourth-order valence-electron chi connectivity index (χ4n) is 2.81. The van der Waals surface area contributed by atoms with Crippen LogP contribution in [0.4, 0.5) is 14.5 Å². The van der Waals surface area contributed by atoms with Crippen LogP contribution in [0, 0.1) is 17.6 Å². The third-order valence-corrected chi connectivity index (χ3v) is 5.34. The van der Waals surface area contributed by atoms with E-state index in [1.165, 1.54) is 23.5 Å². The summed E-state index contributed by atoms with van der Waals surface area (Å²) < 4.78 is 33.1. The molecule has 0 unspecified atom stereocenters. The van der Waals surface area contributed by atoms with Gasteiger partial charge in [0.2, 0.25) is 0 Å². The third kappa shape index (κ3) is 5.55. The van der Waals surface area contributed by atoms with Gasteiger partial charge in [-0.15, -0.1) is 11.3 Å². The van der Waals surface area contributed by atoms with E-state index in [1.807, 2.05) is 0 Å². The summed E-state index contributed by atoms with van der Waals surface area (Å²) in [5, 5.41) is 6.86. The van der Waals surface area contributed by atoms with Crippen LogP contribution in [-0.2, 0) is 4.79 Å². The summed E-state index contributed by atoms with van der Waals surface area (Å²) in [6.45, 7) is 3.32. The van der Waals surface area contributed by atoms with E-state index in [-0.39, 0.29) is 11.7 Å². The van der Waals surface area contributed by atoms with Crippen LogP contribution in [0.3, 0.4) is 0 Å². The molecule has 0 aliphatic rings. The number of rotatable bonds is 7. The number of carbonyl (C=O) groups is 3. The predicted molar refractivity (Wildman–Crippen MR) is 117 cm³/mol. The van der Waals surface area contributed by atoms with Gasteiger partial charge in [-0.05, 0) is 53.8 Å². The van der Waals surface area contributed by atoms with Crippen LogP contribution in [0.25, 0.3) is 0 Å². The summed E-state index contributed by atoms with van der Waals surface area (Å²) in [6, 6.07) is 11.5. The lowest BCUT2D eigenvalue weighted by Gasteiger charge is -2.21. The number of carbonyl (C=O) groups excluding carboxylic acids is 3. The summed E-state index contributed by atoms with van der Waals surface area (Å²) >= 11 is 1.31. The van der Waals surface area contributed by atoms with Crippen molar-refractivity contribution in [1.82, 2.24) is 5.32 Å². The predicted octanol–water partition coefficient (Wildman–Crippen LogP) is 4.64. The largest absolute Gasteiger partial charge is 0.425 e. The zero-order chi connectivity index (χ0) is 23.3. The summed E-state index contributed by atoms with van der Waals surface area (Å²) in [7, 11) is 0. The number of thiophene rings is 1. The van der Waals surface area contributed by atoms with Crippen molar-refractivity contribution in [3.63, 3.8) is 0 Å². The van der Waals surface area contributed by atoms with Gasteiger partial charge in [-0.3, -0.25) is 9.59 Å². The molecular formula is C23H20F2N2O4S. The van der Waals surface area contributed by atoms with Crippen molar-refractivity contribution in [1.29, 1.82) is 0 Å². The van der Waals surface area contributed by atoms with Gasteiger partial charge in [0, 0.05) is 5.69 Å². The Balaban J connectivity index is 1.65. The van der Waals surface area contributed by atoms with Gasteiger partial charge in [-0.1, -0.05) is 26.0 Å². The van der Waals surface area contributed by atoms with Crippen molar-refractivity contribution >= 4 is 34.8 Å². The molecule has 0 spiro atoms. The highest BCUT2D eigenvalue weighted by atomic mass is 32.1. The van der Waals surface area contributed by atoms with Crippen molar-refractivity contribution in [2.45, 2.75) is 19.9 Å². The number of halogens is 2. The molecule has 0 saturated carbocycles. The molecule has 1 heterocycles. The molecule has 0 aliphatic carbocycles. The van der Waals surface area contributed by atoms with Gasteiger partial charge in [-0.2, -0.15) is 0 Å². The Morgan fingerprint density at radius 3 is 2.12 bits per heavy atom. The Morgan fingerprint density at radius 2 is 1.56 bits per heavy atom. The summed E-state index contributed by atoms with van der Waals surface area (Å²) in [6.07, 6.45) is 0. The minimum Gasteiger partial charge on any atom is -0.425 e. The number of anilines is 1. The highest BCUT2D eigenvalue weighted by Crippen LogP contribution is 2.19. The topological polar surface area (TPSA) is 84.5 Å². The van der Waals surface area contributed by atoms with E-state index >= 15 is 0 Å². The van der Waals surface area contributed by atoms with Gasteiger partial charge >= 0.3 is 5.97 Å². The monoisotopic (exact) mass is 458 g/mol. The molecule has 0 aliphatic heterocycles. The average molecular weight is 458 g/mol. The van der Waals surface area contributed by atoms with Crippen molar-refractivity contribution in [3.05, 3.63) is 82.1 Å². The SMILES string of the molecule is CC(C)[C@H](NC(=O)c1c(F)cccc1F)C(=O)Oc1ccc(NC(=O)c2cccs2)cc1. The van der Waals surface area contributed by atoms with Gasteiger partial charge in [0.25, 0.3) is 11.8 Å². The minimum absolute atomic E-state index is 0.182. The van der Waals surface area contributed by atoms with Crippen LogP contribution < -0.4 is 15.4 Å². The molecule has 2 aromatic carbocycles. The van der Waals surface area contributed by atoms with Gasteiger partial charge < -0.3 is 15.4 Å². The summed E-state index contributed by atoms with van der Waals surface area (Å²) in [5.74, 6) is -4.39. The molecule has 3 aromatic rings. The first-order chi connectivity index (χ1) is 15.3. The quantitative estimate of drug-likeness (QED) is 0.399. The Labute approximate surface area is 187 Å². The van der Waals surface area contributed by atoms with Gasteiger partial charge in [0.15, 0.2) is 0 Å². The van der Waals surface area contributed by atoms with Crippen LogP contribution in [0.15, 0.2) is 60.0 Å². The number of esters is 1. The molecule has 0 radical (unpaired) electrons. The maximum Gasteiger partial charge on any atom is 0.334 e. The smallest absolute Gasteiger partial charge is 0.334 e. The maximum absolute atomic E-state index is 13.9. The zero-order valence-corrected chi connectivity index (χ0v) is 18.0. The zero-order valence-electron chi connectivity index (χ0n) is 17.2. The van der Waals surface area contributed by atoms with E-state index in [0.717, 1.165) is 18.2 Å². The molecule has 6 nitrogen and oxygen atoms in total. The fourth-order valence-corrected chi connectivity index (χ4v) is 3.43. The molecule has 166 valence electrons. The first-order valence-electron chi connectivity index (χ1n) is 9.67. The van der Waals surface area contributed by atoms with Crippen LogP contribution in [0.1, 0.15) is 33.9 Å². The van der Waals surface area contributed by atoms with Crippen LogP contribution in [0.2, 0.25) is 0 Å². The lowest BCUT2D eigenvalue weighted by molar-refractivity contribution is -0.137. The van der Waals surface area contributed by atoms with E-state index in [9.17, 15) is 23.2 Å². The Bertz CT molecular complexity index is 1100. The maximum atomic E-state index is 13.9. The number of nitrogens with one attached hydrogen (secondary N) is 2. The van der Waals surface area contributed by atoms with Crippen molar-refractivity contribution < 1.29 is 27.9 Å². The van der Waals surface area contributed by atoms with E-state index in [2.05, 4.69) is 10.6 Å². The van der Waals surface area contributed by atoms with Crippen molar-refractivity contribution in [3.8, 4) is 5.75 Å². The number of hydrogen-bond donors (Lipinski definition) is 2. The number of ether oxygens (including phenoxy) is 1. The number of amides is 2. The second kappa shape index (κ2) is 10.1. The van der Waals surface area contributed by atoms with Gasteiger partial charge in [0.05, 0.1) is 4.88 Å². The molecule has 3 rings (SSSR count). The summed E-state index contributed by atoms with van der Waals surface area (Å²) in [5.41, 5.74) is -0.260. The van der Waals surface area contributed by atoms with Gasteiger partial charge in [0.1, 0.15) is 29.0 Å². The standard InChI is InChI=1S/C23H20F2N2O4S/c1-13(2)20(27-22(29)19-16(24)5-3-6-17(19)25)23(30)31-15-10-8-14(9-11-15)26-21(28)18-7-4-12-32-18/h3-13,20H,1-2H3,(H,26,28)(H,27,29)/t20-/m0/s1. The first-order valence-corrected chi connectivity index (χ1v) is 10.6. The van der Waals surface area contributed by atoms with Crippen LogP contribution >= 0.6 is 11.3 Å². The van der Waals surface area contributed by atoms with E-state index < -0.39 is 41.0 Å². The van der Waals surface area contributed by atoms with Crippen molar-refractivity contribution in [2.24, 2.45) is 5.92 Å². The summed E-state index contributed by atoms with van der Waals surface area (Å²) in [4.78, 5) is 37.6. The molecule has 2 amide bonds. The molecule has 2 N–H and O–H groups in total. The highest BCUT2D eigenvalue weighted by molar-refractivity contribution is 7.12. The van der Waals surface area contributed by atoms with Crippen LogP contribution in [0.5, 0.6) is 5.75 Å². The molecule has 1 atom stereocenters. The highest BCUT2D eigenvalue weighted by Gasteiger charge is 2.29. The Kier molecular flexibility index (Phi) is 7.32. The van der Waals surface area contributed by atoms with E-state index in [0.29, 0.717) is 10.6 Å². The third-order valence-electron chi connectivity index (χ3n) is 4.47. The number of benzene rings is 2. The van der Waals surface area contributed by atoms with Crippen molar-refractivity contribution in [2.75, 3.05) is 5.32 Å². The first kappa shape index (κ1) is 23.1. The molecule has 0 fully saturated rings. The lowest BCUT2D eigenvalue weighted by atomic mass is 10.0. The molecule has 0 bridgehead atoms. The Morgan fingerprint density at radius 1 is 0.906 bits per heavy atom.